The molecule has 6 nitrogen and oxygen atoms in total. The van der Waals surface area contributed by atoms with E-state index in [-0.39, 0.29) is 13.2 Å². The quantitative estimate of drug-likeness (QED) is 0.795. The van der Waals surface area contributed by atoms with Crippen molar-refractivity contribution in [3.63, 3.8) is 0 Å². The molecule has 6 heteroatoms. The number of hydrogen-bond donors (Lipinski definition) is 2. The fourth-order valence-corrected chi connectivity index (χ4v) is 1.71. The molecule has 0 radical (unpaired) electrons. The van der Waals surface area contributed by atoms with Gasteiger partial charge < -0.3 is 15.2 Å². The molecule has 0 aliphatic rings. The van der Waals surface area contributed by atoms with Gasteiger partial charge in [0.2, 0.25) is 0 Å². The van der Waals surface area contributed by atoms with Crippen LogP contribution in [0, 0.1) is 11.3 Å². The highest BCUT2D eigenvalue weighted by Gasteiger charge is 1.99. The summed E-state index contributed by atoms with van der Waals surface area (Å²) in [5.41, 5.74) is 2.01. The first-order valence-corrected chi connectivity index (χ1v) is 6.27. The molecule has 1 heterocycles. The number of benzene rings is 1. The second-order valence-corrected chi connectivity index (χ2v) is 4.16. The number of anilines is 1. The summed E-state index contributed by atoms with van der Waals surface area (Å²) in [6.07, 6.45) is 3.67. The Balaban J connectivity index is 1.85. The van der Waals surface area contributed by atoms with Crippen LogP contribution in [-0.4, -0.2) is 28.1 Å². The first kappa shape index (κ1) is 13.9. The van der Waals surface area contributed by atoms with Gasteiger partial charge in [0.25, 0.3) is 0 Å². The van der Waals surface area contributed by atoms with Crippen LogP contribution in [0.25, 0.3) is 0 Å². The zero-order chi connectivity index (χ0) is 14.2. The number of nitrogens with one attached hydrogen (secondary N) is 1. The molecular weight excluding hydrogens is 256 g/mol. The molecule has 0 spiro atoms. The Morgan fingerprint density at radius 2 is 2.15 bits per heavy atom. The molecule has 1 aromatic carbocycles. The zero-order valence-corrected chi connectivity index (χ0v) is 11.0. The molecule has 2 N–H and O–H groups in total. The number of rotatable bonds is 7. The van der Waals surface area contributed by atoms with Crippen molar-refractivity contribution in [3.05, 3.63) is 42.2 Å². The Hall–Kier alpha value is -2.52. The van der Waals surface area contributed by atoms with Crippen LogP contribution >= 0.6 is 0 Å². The molecule has 2 rings (SSSR count). The van der Waals surface area contributed by atoms with Gasteiger partial charge in [-0.2, -0.15) is 10.4 Å². The van der Waals surface area contributed by atoms with Gasteiger partial charge in [0.1, 0.15) is 11.8 Å². The van der Waals surface area contributed by atoms with Crippen LogP contribution in [0.2, 0.25) is 0 Å². The van der Waals surface area contributed by atoms with E-state index in [0.29, 0.717) is 18.8 Å². The van der Waals surface area contributed by atoms with Crippen molar-refractivity contribution in [1.29, 1.82) is 5.26 Å². The van der Waals surface area contributed by atoms with Crippen molar-refractivity contribution >= 4 is 5.69 Å². The maximum atomic E-state index is 8.82. The van der Waals surface area contributed by atoms with E-state index < -0.39 is 0 Å². The Bertz CT molecular complexity index is 572. The molecule has 0 fully saturated rings. The third kappa shape index (κ3) is 4.00. The molecule has 0 saturated carbocycles. The van der Waals surface area contributed by atoms with Gasteiger partial charge in [-0.1, -0.05) is 0 Å². The summed E-state index contributed by atoms with van der Waals surface area (Å²) in [5.74, 6) is 0.674. The average Bonchev–Trinajstić information content (AvgIpc) is 2.92. The Labute approximate surface area is 117 Å². The predicted molar refractivity (Wildman–Crippen MR) is 74.2 cm³/mol. The van der Waals surface area contributed by atoms with Gasteiger partial charge in [-0.25, -0.2) is 0 Å². The molecule has 2 aromatic rings. The Morgan fingerprint density at radius 1 is 1.35 bits per heavy atom. The van der Waals surface area contributed by atoms with Crippen LogP contribution in [0.3, 0.4) is 0 Å². The van der Waals surface area contributed by atoms with Crippen molar-refractivity contribution in [2.24, 2.45) is 0 Å². The lowest BCUT2D eigenvalue weighted by Gasteiger charge is -2.06. The first-order chi connectivity index (χ1) is 9.81. The molecule has 104 valence electrons. The molecule has 0 bridgehead atoms. The van der Waals surface area contributed by atoms with Crippen molar-refractivity contribution in [3.8, 4) is 11.8 Å². The van der Waals surface area contributed by atoms with Crippen LogP contribution in [0.5, 0.6) is 5.75 Å². The monoisotopic (exact) mass is 272 g/mol. The van der Waals surface area contributed by atoms with Crippen LogP contribution < -0.4 is 10.1 Å². The summed E-state index contributed by atoms with van der Waals surface area (Å²) in [6, 6.07) is 9.34. The maximum Gasteiger partial charge on any atom is 0.174 e. The molecule has 0 atom stereocenters. The highest BCUT2D eigenvalue weighted by atomic mass is 16.5. The lowest BCUT2D eigenvalue weighted by Crippen LogP contribution is -2.02. The molecule has 0 amide bonds. The minimum atomic E-state index is 0.0524. The van der Waals surface area contributed by atoms with Gasteiger partial charge >= 0.3 is 0 Å². The molecule has 0 aliphatic heterocycles. The van der Waals surface area contributed by atoms with Crippen molar-refractivity contribution in [2.75, 3.05) is 18.5 Å². The number of aromatic nitrogens is 2. The third-order valence-corrected chi connectivity index (χ3v) is 2.67. The average molecular weight is 272 g/mol. The predicted octanol–water partition coefficient (Wildman–Crippen LogP) is 1.39. The third-order valence-electron chi connectivity index (χ3n) is 2.67. The van der Waals surface area contributed by atoms with Gasteiger partial charge in [-0.3, -0.25) is 4.68 Å². The molecule has 20 heavy (non-hydrogen) atoms. The van der Waals surface area contributed by atoms with E-state index in [1.807, 2.05) is 36.5 Å². The minimum absolute atomic E-state index is 0.0524. The number of nitrogens with zero attached hydrogens (tertiary/aromatic N) is 3. The second-order valence-electron chi connectivity index (χ2n) is 4.16. The fourth-order valence-electron chi connectivity index (χ4n) is 1.71. The van der Waals surface area contributed by atoms with Crippen molar-refractivity contribution in [2.45, 2.75) is 13.1 Å². The molecule has 0 unspecified atom stereocenters. The molecule has 0 saturated heterocycles. The van der Waals surface area contributed by atoms with Gasteiger partial charge in [0, 0.05) is 24.0 Å². The van der Waals surface area contributed by atoms with Crippen LogP contribution in [0.1, 0.15) is 5.56 Å². The maximum absolute atomic E-state index is 8.82. The van der Waals surface area contributed by atoms with Crippen LogP contribution in [-0.2, 0) is 13.1 Å². The standard InChI is InChI=1S/C14H16N4O2/c15-5-8-20-14-3-1-13(2-4-14)16-9-12-10-17-18(11-12)6-7-19/h1-4,10-11,16,19H,6-9H2. The Kier molecular flexibility index (Phi) is 4.98. The number of aliphatic hydroxyl groups is 1. The highest BCUT2D eigenvalue weighted by Crippen LogP contribution is 2.16. The van der Waals surface area contributed by atoms with E-state index in [1.165, 1.54) is 0 Å². The summed E-state index contributed by atoms with van der Waals surface area (Å²) < 4.78 is 6.88. The van der Waals surface area contributed by atoms with Crippen molar-refractivity contribution < 1.29 is 9.84 Å². The van der Waals surface area contributed by atoms with E-state index in [0.717, 1.165) is 11.3 Å². The topological polar surface area (TPSA) is 83.1 Å². The summed E-state index contributed by atoms with van der Waals surface area (Å²) >= 11 is 0. The fraction of sp³-hybridized carbons (Fsp3) is 0.286. The number of ether oxygens (including phenoxy) is 1. The molecule has 1 aromatic heterocycles. The van der Waals surface area contributed by atoms with Crippen molar-refractivity contribution in [1.82, 2.24) is 9.78 Å². The van der Waals surface area contributed by atoms with E-state index in [9.17, 15) is 0 Å². The van der Waals surface area contributed by atoms with E-state index in [1.54, 1.807) is 10.9 Å². The number of aliphatic hydroxyl groups excluding tert-OH is 1. The number of hydrogen-bond acceptors (Lipinski definition) is 5. The first-order valence-electron chi connectivity index (χ1n) is 6.27. The Morgan fingerprint density at radius 3 is 2.85 bits per heavy atom. The minimum Gasteiger partial charge on any atom is -0.479 e. The van der Waals surface area contributed by atoms with E-state index in [4.69, 9.17) is 15.1 Å². The van der Waals surface area contributed by atoms with Crippen LogP contribution in [0.4, 0.5) is 5.69 Å². The van der Waals surface area contributed by atoms with E-state index >= 15 is 0 Å². The van der Waals surface area contributed by atoms with Gasteiger partial charge in [0.15, 0.2) is 6.61 Å². The summed E-state index contributed by atoms with van der Waals surface area (Å²) in [5, 5.41) is 24.6. The van der Waals surface area contributed by atoms with E-state index in [2.05, 4.69) is 10.4 Å². The molecule has 0 aliphatic carbocycles. The summed E-state index contributed by atoms with van der Waals surface area (Å²) in [7, 11) is 0. The zero-order valence-electron chi connectivity index (χ0n) is 11.0. The number of nitriles is 1. The summed E-state index contributed by atoms with van der Waals surface area (Å²) in [4.78, 5) is 0. The lowest BCUT2D eigenvalue weighted by molar-refractivity contribution is 0.269. The van der Waals surface area contributed by atoms with Gasteiger partial charge in [-0.15, -0.1) is 0 Å². The summed E-state index contributed by atoms with van der Waals surface area (Å²) in [6.45, 7) is 1.30. The largest absolute Gasteiger partial charge is 0.479 e. The molecular formula is C14H16N4O2. The smallest absolute Gasteiger partial charge is 0.174 e. The SMILES string of the molecule is N#CCOc1ccc(NCc2cnn(CCO)c2)cc1. The van der Waals surface area contributed by atoms with Gasteiger partial charge in [-0.05, 0) is 24.3 Å². The normalized spacial score (nSPS) is 10.0. The van der Waals surface area contributed by atoms with Gasteiger partial charge in [0.05, 0.1) is 19.3 Å². The highest BCUT2D eigenvalue weighted by molar-refractivity contribution is 5.46. The second kappa shape index (κ2) is 7.16. The lowest BCUT2D eigenvalue weighted by atomic mass is 10.3. The van der Waals surface area contributed by atoms with Crippen LogP contribution in [0.15, 0.2) is 36.7 Å².